The molecule has 0 radical (unpaired) electrons. The van der Waals surface area contributed by atoms with Crippen LogP contribution in [0.1, 0.15) is 0 Å². The lowest BCUT2D eigenvalue weighted by atomic mass is 10.0. The lowest BCUT2D eigenvalue weighted by Gasteiger charge is -2.27. The van der Waals surface area contributed by atoms with Crippen LogP contribution in [-0.4, -0.2) is 0 Å². The predicted octanol–water partition coefficient (Wildman–Crippen LogP) is 12.6. The van der Waals surface area contributed by atoms with Gasteiger partial charge in [0.25, 0.3) is 0 Å². The fourth-order valence-electron chi connectivity index (χ4n) is 6.27. The first-order valence-electron chi connectivity index (χ1n) is 15.3. The van der Waals surface area contributed by atoms with E-state index in [9.17, 15) is 17.6 Å². The Morgan fingerprint density at radius 3 is 1.29 bits per heavy atom. The van der Waals surface area contributed by atoms with Gasteiger partial charge in [0.2, 0.25) is 0 Å². The van der Waals surface area contributed by atoms with Crippen LogP contribution in [0.15, 0.2) is 156 Å². The second kappa shape index (κ2) is 11.9. The maximum Gasteiger partial charge on any atom is 0.136 e. The van der Waals surface area contributed by atoms with Crippen molar-refractivity contribution in [1.29, 1.82) is 0 Å². The van der Waals surface area contributed by atoms with Crippen molar-refractivity contribution in [2.75, 3.05) is 4.90 Å². The molecule has 8 aromatic rings. The molecule has 0 amide bonds. The van der Waals surface area contributed by atoms with Crippen LogP contribution in [-0.2, 0) is 0 Å². The Balaban J connectivity index is 1.28. The lowest BCUT2D eigenvalue weighted by Crippen LogP contribution is -2.10. The molecule has 0 fully saturated rings. The van der Waals surface area contributed by atoms with Gasteiger partial charge < -0.3 is 9.32 Å². The third kappa shape index (κ3) is 5.58. The molecule has 2 nitrogen and oxygen atoms in total. The summed E-state index contributed by atoms with van der Waals surface area (Å²) < 4.78 is 63.0. The molecule has 0 aliphatic rings. The second-order valence-electron chi connectivity index (χ2n) is 11.6. The molecule has 0 saturated carbocycles. The molecular weight excluding hydrogens is 610 g/mol. The number of rotatable bonds is 6. The molecule has 0 atom stereocenters. The van der Waals surface area contributed by atoms with Crippen molar-refractivity contribution in [2.24, 2.45) is 0 Å². The number of para-hydroxylation sites is 1. The van der Waals surface area contributed by atoms with Crippen molar-refractivity contribution in [3.63, 3.8) is 0 Å². The molecule has 232 valence electrons. The minimum Gasteiger partial charge on any atom is -0.456 e. The number of furan rings is 1. The zero-order chi connectivity index (χ0) is 32.8. The molecule has 1 heterocycles. The zero-order valence-corrected chi connectivity index (χ0v) is 25.3. The van der Waals surface area contributed by atoms with Crippen molar-refractivity contribution in [3.8, 4) is 33.4 Å². The van der Waals surface area contributed by atoms with Gasteiger partial charge >= 0.3 is 0 Å². The molecule has 7 aromatic carbocycles. The number of halogens is 4. The highest BCUT2D eigenvalue weighted by molar-refractivity contribution is 6.06. The van der Waals surface area contributed by atoms with Crippen LogP contribution < -0.4 is 4.90 Å². The van der Waals surface area contributed by atoms with E-state index in [2.05, 4.69) is 12.1 Å². The van der Waals surface area contributed by atoms with E-state index in [4.69, 9.17) is 4.42 Å². The topological polar surface area (TPSA) is 16.4 Å². The minimum atomic E-state index is -0.670. The molecule has 0 saturated heterocycles. The Labute approximate surface area is 273 Å². The SMILES string of the molecule is Fc1cc(F)cc(-c2cccc(N(c3cccc(-c4cc(F)cc(F)c4)c3)c3cccc(-c4ccc5c(c4)oc4ccccc45)c3)c2)c1. The van der Waals surface area contributed by atoms with Crippen LogP contribution in [0, 0.1) is 23.3 Å². The van der Waals surface area contributed by atoms with Gasteiger partial charge in [-0.3, -0.25) is 0 Å². The Kier molecular flexibility index (Phi) is 7.26. The highest BCUT2D eigenvalue weighted by Crippen LogP contribution is 2.40. The highest BCUT2D eigenvalue weighted by Gasteiger charge is 2.17. The summed E-state index contributed by atoms with van der Waals surface area (Å²) in [6, 6.07) is 43.7. The Bertz CT molecular complexity index is 2350. The van der Waals surface area contributed by atoms with Crippen molar-refractivity contribution in [2.45, 2.75) is 0 Å². The summed E-state index contributed by atoms with van der Waals surface area (Å²) in [4.78, 5) is 2.00. The van der Waals surface area contributed by atoms with Crippen molar-refractivity contribution in [3.05, 3.63) is 175 Å². The lowest BCUT2D eigenvalue weighted by molar-refractivity contribution is 0.583. The molecule has 0 spiro atoms. The Morgan fingerprint density at radius 2 is 0.771 bits per heavy atom. The van der Waals surface area contributed by atoms with Crippen molar-refractivity contribution < 1.29 is 22.0 Å². The molecule has 0 bridgehead atoms. The monoisotopic (exact) mass is 635 g/mol. The van der Waals surface area contributed by atoms with E-state index in [0.29, 0.717) is 33.6 Å². The predicted molar refractivity (Wildman–Crippen MR) is 185 cm³/mol. The quantitative estimate of drug-likeness (QED) is 0.169. The van der Waals surface area contributed by atoms with Gasteiger partial charge in [-0.25, -0.2) is 17.6 Å². The van der Waals surface area contributed by atoms with Gasteiger partial charge in [-0.05, 0) is 112 Å². The zero-order valence-electron chi connectivity index (χ0n) is 25.3. The van der Waals surface area contributed by atoms with Crippen molar-refractivity contribution in [1.82, 2.24) is 0 Å². The second-order valence-corrected chi connectivity index (χ2v) is 11.6. The van der Waals surface area contributed by atoms with E-state index in [0.717, 1.165) is 50.9 Å². The summed E-state index contributed by atoms with van der Waals surface area (Å²) >= 11 is 0. The smallest absolute Gasteiger partial charge is 0.136 e. The summed E-state index contributed by atoms with van der Waals surface area (Å²) in [5.41, 5.74) is 7.73. The van der Waals surface area contributed by atoms with Crippen LogP contribution in [0.2, 0.25) is 0 Å². The fourth-order valence-corrected chi connectivity index (χ4v) is 6.27. The third-order valence-corrected chi connectivity index (χ3v) is 8.42. The Hall–Kier alpha value is -6.14. The summed E-state index contributed by atoms with van der Waals surface area (Å²) in [5, 5.41) is 2.08. The summed E-state index contributed by atoms with van der Waals surface area (Å²) in [7, 11) is 0. The van der Waals surface area contributed by atoms with E-state index in [1.165, 1.54) is 24.3 Å². The van der Waals surface area contributed by atoms with Crippen LogP contribution in [0.3, 0.4) is 0 Å². The first kappa shape index (κ1) is 29.3. The number of benzene rings is 7. The van der Waals surface area contributed by atoms with Crippen molar-refractivity contribution >= 4 is 39.0 Å². The largest absolute Gasteiger partial charge is 0.456 e. The average molecular weight is 636 g/mol. The van der Waals surface area contributed by atoms with Gasteiger partial charge in [0, 0.05) is 40.0 Å². The average Bonchev–Trinajstić information content (AvgIpc) is 3.46. The van der Waals surface area contributed by atoms with Gasteiger partial charge in [0.05, 0.1) is 0 Å². The number of nitrogens with zero attached hydrogens (tertiary/aromatic N) is 1. The molecule has 48 heavy (non-hydrogen) atoms. The van der Waals surface area contributed by atoms with E-state index < -0.39 is 23.3 Å². The first-order valence-corrected chi connectivity index (χ1v) is 15.3. The first-order chi connectivity index (χ1) is 23.4. The van der Waals surface area contributed by atoms with Gasteiger partial charge in [-0.1, -0.05) is 60.7 Å². The molecule has 0 aliphatic carbocycles. The molecule has 8 rings (SSSR count). The summed E-state index contributed by atoms with van der Waals surface area (Å²) in [6.07, 6.45) is 0. The van der Waals surface area contributed by atoms with Crippen LogP contribution >= 0.6 is 0 Å². The van der Waals surface area contributed by atoms with Crippen LogP contribution in [0.5, 0.6) is 0 Å². The molecule has 6 heteroatoms. The highest BCUT2D eigenvalue weighted by atomic mass is 19.1. The van der Waals surface area contributed by atoms with Gasteiger partial charge in [-0.15, -0.1) is 0 Å². The third-order valence-electron chi connectivity index (χ3n) is 8.42. The van der Waals surface area contributed by atoms with Gasteiger partial charge in [0.1, 0.15) is 34.4 Å². The summed E-state index contributed by atoms with van der Waals surface area (Å²) in [5.74, 6) is -2.68. The molecule has 1 aromatic heterocycles. The number of hydrogen-bond acceptors (Lipinski definition) is 2. The number of anilines is 3. The Morgan fingerprint density at radius 1 is 0.333 bits per heavy atom. The number of fused-ring (bicyclic) bond motifs is 3. The molecule has 0 unspecified atom stereocenters. The normalized spacial score (nSPS) is 11.3. The van der Waals surface area contributed by atoms with E-state index >= 15 is 0 Å². The fraction of sp³-hybridized carbons (Fsp3) is 0. The number of hydrogen-bond donors (Lipinski definition) is 0. The standard InChI is InChI=1S/C42H25F4NO/c43-32-16-30(17-33(44)24-32)27-7-4-10-37(21-27)47(38-11-5-8-28(22-38)31-18-34(45)25-35(46)19-31)36-9-3-6-26(20-36)29-14-15-40-39-12-1-2-13-41(39)48-42(40)23-29/h1-25H. The minimum absolute atomic E-state index is 0.395. The van der Waals surface area contributed by atoms with Crippen LogP contribution in [0.25, 0.3) is 55.3 Å². The molecule has 0 N–H and O–H groups in total. The maximum atomic E-state index is 14.2. The van der Waals surface area contributed by atoms with E-state index in [1.54, 1.807) is 12.1 Å². The summed E-state index contributed by atoms with van der Waals surface area (Å²) in [6.45, 7) is 0. The molecular formula is C42H25F4NO. The maximum absolute atomic E-state index is 14.2. The van der Waals surface area contributed by atoms with E-state index in [1.807, 2.05) is 95.9 Å². The van der Waals surface area contributed by atoms with Gasteiger partial charge in [-0.2, -0.15) is 0 Å². The van der Waals surface area contributed by atoms with E-state index in [-0.39, 0.29) is 0 Å². The molecule has 0 aliphatic heterocycles. The van der Waals surface area contributed by atoms with Crippen LogP contribution in [0.4, 0.5) is 34.6 Å². The van der Waals surface area contributed by atoms with Gasteiger partial charge in [0.15, 0.2) is 0 Å².